The summed E-state index contributed by atoms with van der Waals surface area (Å²) < 4.78 is 28.0. The Morgan fingerprint density at radius 3 is 1.83 bits per heavy atom. The SMILES string of the molecule is CS(=O)(=O)C(c1cccc(-n2cccc2)c1)C1CN(C(c2ccc(Cl)cc2)c2ccc(Cl)cc2)C1. The number of nitrogens with zero attached hydrogens (tertiary/aromatic N) is 2. The Labute approximate surface area is 216 Å². The fraction of sp³-hybridized carbons (Fsp3) is 0.214. The fourth-order valence-corrected chi connectivity index (χ4v) is 6.86. The van der Waals surface area contributed by atoms with Gasteiger partial charge < -0.3 is 4.57 Å². The van der Waals surface area contributed by atoms with Crippen molar-refractivity contribution in [2.45, 2.75) is 11.3 Å². The third-order valence-corrected chi connectivity index (χ3v) is 8.75. The number of likely N-dealkylation sites (tertiary alicyclic amines) is 1. The summed E-state index contributed by atoms with van der Waals surface area (Å²) in [4.78, 5) is 2.32. The number of rotatable bonds is 7. The van der Waals surface area contributed by atoms with Crippen molar-refractivity contribution in [3.05, 3.63) is 124 Å². The van der Waals surface area contributed by atoms with E-state index in [-0.39, 0.29) is 12.0 Å². The van der Waals surface area contributed by atoms with Crippen LogP contribution in [0.5, 0.6) is 0 Å². The van der Waals surface area contributed by atoms with Crippen LogP contribution in [0.25, 0.3) is 5.69 Å². The summed E-state index contributed by atoms with van der Waals surface area (Å²) >= 11 is 12.3. The number of aromatic nitrogens is 1. The van der Waals surface area contributed by atoms with Crippen molar-refractivity contribution in [3.8, 4) is 5.69 Å². The third kappa shape index (κ3) is 5.19. The second-order valence-electron chi connectivity index (χ2n) is 9.16. The second kappa shape index (κ2) is 9.82. The molecule has 0 spiro atoms. The van der Waals surface area contributed by atoms with Gasteiger partial charge in [0.15, 0.2) is 9.84 Å². The molecule has 7 heteroatoms. The zero-order valence-corrected chi connectivity index (χ0v) is 21.6. The van der Waals surface area contributed by atoms with Crippen molar-refractivity contribution < 1.29 is 8.42 Å². The van der Waals surface area contributed by atoms with Crippen LogP contribution < -0.4 is 0 Å². The van der Waals surface area contributed by atoms with E-state index >= 15 is 0 Å². The Balaban J connectivity index is 1.44. The molecule has 4 aromatic rings. The maximum absolute atomic E-state index is 13.0. The zero-order valence-electron chi connectivity index (χ0n) is 19.3. The molecule has 0 N–H and O–H groups in total. The Morgan fingerprint density at radius 2 is 1.31 bits per heavy atom. The smallest absolute Gasteiger partial charge is 0.154 e. The number of halogens is 2. The van der Waals surface area contributed by atoms with Crippen molar-refractivity contribution in [1.29, 1.82) is 0 Å². The van der Waals surface area contributed by atoms with Gasteiger partial charge in [-0.1, -0.05) is 59.6 Å². The summed E-state index contributed by atoms with van der Waals surface area (Å²) in [5.74, 6) is -0.00740. The summed E-state index contributed by atoms with van der Waals surface area (Å²) in [6, 6.07) is 27.4. The van der Waals surface area contributed by atoms with Crippen molar-refractivity contribution in [2.24, 2.45) is 5.92 Å². The highest BCUT2D eigenvalue weighted by Gasteiger charge is 2.42. The van der Waals surface area contributed by atoms with E-state index in [0.29, 0.717) is 23.1 Å². The molecule has 180 valence electrons. The van der Waals surface area contributed by atoms with Crippen LogP contribution in [0.15, 0.2) is 97.3 Å². The predicted molar refractivity (Wildman–Crippen MR) is 143 cm³/mol. The molecule has 1 aliphatic heterocycles. The Bertz CT molecular complexity index is 1350. The average molecular weight is 526 g/mol. The van der Waals surface area contributed by atoms with Crippen molar-refractivity contribution in [1.82, 2.24) is 9.47 Å². The molecule has 1 fully saturated rings. The summed E-state index contributed by atoms with van der Waals surface area (Å²) in [7, 11) is -3.32. The molecule has 1 saturated heterocycles. The Hall–Kier alpha value is -2.57. The number of hydrogen-bond donors (Lipinski definition) is 0. The number of sulfone groups is 1. The van der Waals surface area contributed by atoms with Crippen molar-refractivity contribution >= 4 is 33.0 Å². The van der Waals surface area contributed by atoms with E-state index in [4.69, 9.17) is 23.2 Å². The quantitative estimate of drug-likeness (QED) is 0.273. The van der Waals surface area contributed by atoms with Crippen LogP contribution in [0.4, 0.5) is 0 Å². The molecule has 1 aliphatic rings. The van der Waals surface area contributed by atoms with Gasteiger partial charge in [0.2, 0.25) is 0 Å². The van der Waals surface area contributed by atoms with Gasteiger partial charge in [-0.05, 0) is 65.2 Å². The Kier molecular flexibility index (Phi) is 6.78. The predicted octanol–water partition coefficient (Wildman–Crippen LogP) is 6.59. The van der Waals surface area contributed by atoms with Gasteiger partial charge in [0.05, 0.1) is 11.3 Å². The van der Waals surface area contributed by atoms with Gasteiger partial charge in [0.25, 0.3) is 0 Å². The highest BCUT2D eigenvalue weighted by molar-refractivity contribution is 7.90. The molecule has 35 heavy (non-hydrogen) atoms. The third-order valence-electron chi connectivity index (χ3n) is 6.67. The van der Waals surface area contributed by atoms with Gasteiger partial charge in [-0.25, -0.2) is 8.42 Å². The standard InChI is InChI=1S/C28H26Cl2N2O2S/c1-35(33,34)28(22-5-4-6-26(17-22)31-15-2-3-16-31)23-18-32(19-23)27(20-7-11-24(29)12-8-20)21-9-13-25(30)14-10-21/h2-17,23,27-28H,18-19H2,1H3. The van der Waals surface area contributed by atoms with Gasteiger partial charge in [0.1, 0.15) is 0 Å². The van der Waals surface area contributed by atoms with E-state index in [2.05, 4.69) is 4.90 Å². The molecule has 0 radical (unpaired) electrons. The minimum Gasteiger partial charge on any atom is -0.324 e. The maximum Gasteiger partial charge on any atom is 0.154 e. The van der Waals surface area contributed by atoms with Crippen LogP contribution in [-0.2, 0) is 9.84 Å². The highest BCUT2D eigenvalue weighted by Crippen LogP contribution is 2.42. The topological polar surface area (TPSA) is 42.3 Å². The van der Waals surface area contributed by atoms with E-state index in [1.165, 1.54) is 6.26 Å². The van der Waals surface area contributed by atoms with Crippen LogP contribution in [0.2, 0.25) is 10.0 Å². The molecule has 5 rings (SSSR count). The molecule has 1 aromatic heterocycles. The molecule has 0 saturated carbocycles. The first-order valence-corrected chi connectivity index (χ1v) is 14.2. The second-order valence-corrected chi connectivity index (χ2v) is 12.2. The summed E-state index contributed by atoms with van der Waals surface area (Å²) in [5, 5.41) is 0.806. The lowest BCUT2D eigenvalue weighted by molar-refractivity contribution is 0.0655. The summed E-state index contributed by atoms with van der Waals surface area (Å²) in [6.07, 6.45) is 5.27. The van der Waals surface area contributed by atoms with E-state index in [1.807, 2.05) is 102 Å². The normalized spacial score (nSPS) is 15.8. The summed E-state index contributed by atoms with van der Waals surface area (Å²) in [6.45, 7) is 1.34. The van der Waals surface area contributed by atoms with Gasteiger partial charge in [0, 0.05) is 53.4 Å². The van der Waals surface area contributed by atoms with E-state index in [0.717, 1.165) is 22.4 Å². The van der Waals surface area contributed by atoms with Gasteiger partial charge in [-0.15, -0.1) is 0 Å². The lowest BCUT2D eigenvalue weighted by atomic mass is 9.86. The highest BCUT2D eigenvalue weighted by atomic mass is 35.5. The van der Waals surface area contributed by atoms with Crippen LogP contribution >= 0.6 is 23.2 Å². The molecule has 0 bridgehead atoms. The van der Waals surface area contributed by atoms with Crippen LogP contribution in [0, 0.1) is 5.92 Å². The molecule has 3 aromatic carbocycles. The average Bonchev–Trinajstić information content (AvgIpc) is 3.34. The molecule has 2 heterocycles. The number of benzene rings is 3. The van der Waals surface area contributed by atoms with E-state index < -0.39 is 15.1 Å². The summed E-state index contributed by atoms with van der Waals surface area (Å²) in [5.41, 5.74) is 4.01. The molecule has 4 nitrogen and oxygen atoms in total. The molecule has 1 unspecified atom stereocenters. The van der Waals surface area contributed by atoms with Gasteiger partial charge in [-0.2, -0.15) is 0 Å². The maximum atomic E-state index is 13.0. The minimum absolute atomic E-state index is 0.00722. The lowest BCUT2D eigenvalue weighted by Crippen LogP contribution is -2.52. The minimum atomic E-state index is -3.32. The first-order chi connectivity index (χ1) is 16.8. The number of hydrogen-bond acceptors (Lipinski definition) is 3. The molecule has 0 amide bonds. The zero-order chi connectivity index (χ0) is 24.6. The largest absolute Gasteiger partial charge is 0.324 e. The monoisotopic (exact) mass is 524 g/mol. The molecule has 0 aliphatic carbocycles. The molecular weight excluding hydrogens is 499 g/mol. The van der Waals surface area contributed by atoms with Crippen molar-refractivity contribution in [2.75, 3.05) is 19.3 Å². The first kappa shape index (κ1) is 24.1. The van der Waals surface area contributed by atoms with Crippen LogP contribution in [0.1, 0.15) is 28.0 Å². The van der Waals surface area contributed by atoms with E-state index in [1.54, 1.807) is 0 Å². The molecular formula is C28H26Cl2N2O2S. The van der Waals surface area contributed by atoms with Crippen LogP contribution in [0.3, 0.4) is 0 Å². The van der Waals surface area contributed by atoms with Crippen molar-refractivity contribution in [3.63, 3.8) is 0 Å². The molecule has 1 atom stereocenters. The van der Waals surface area contributed by atoms with Gasteiger partial charge >= 0.3 is 0 Å². The van der Waals surface area contributed by atoms with Gasteiger partial charge in [-0.3, -0.25) is 4.90 Å². The first-order valence-electron chi connectivity index (χ1n) is 11.5. The lowest BCUT2D eigenvalue weighted by Gasteiger charge is -2.47. The fourth-order valence-electron chi connectivity index (χ4n) is 5.09. The Morgan fingerprint density at radius 1 is 0.771 bits per heavy atom. The van der Waals surface area contributed by atoms with Crippen LogP contribution in [-0.4, -0.2) is 37.2 Å². The van der Waals surface area contributed by atoms with E-state index in [9.17, 15) is 8.42 Å².